The largest absolute Gasteiger partial charge is 0.387 e. The number of ether oxygens (including phenoxy) is 1. The summed E-state index contributed by atoms with van der Waals surface area (Å²) in [6.45, 7) is -0.754. The molecule has 2 fully saturated rings. The van der Waals surface area contributed by atoms with Gasteiger partial charge in [-0.1, -0.05) is 11.6 Å². The fraction of sp³-hybridized carbons (Fsp3) is 0.647. The third-order valence-electron chi connectivity index (χ3n) is 5.68. The second-order valence-electron chi connectivity index (χ2n) is 8.55. The van der Waals surface area contributed by atoms with Crippen molar-refractivity contribution in [1.29, 1.82) is 0 Å². The fourth-order valence-electron chi connectivity index (χ4n) is 4.14. The minimum atomic E-state index is -4.85. The zero-order chi connectivity index (χ0) is 25.8. The summed E-state index contributed by atoms with van der Waals surface area (Å²) in [5.41, 5.74) is 0.662. The SMILES string of the molecule is O=P(O)(O)CP(=O)(O)OC[C@H]1O[C@@H](c2cnc3c(N[C@@H]4CCC(F)(F)C4)cc(Cl)nn23)[C@H](O)[C@@H]1O. The molecule has 1 saturated carbocycles. The fourth-order valence-corrected chi connectivity index (χ4v) is 6.90. The third kappa shape index (κ3) is 6.19. The summed E-state index contributed by atoms with van der Waals surface area (Å²) in [6, 6.07) is 0.896. The van der Waals surface area contributed by atoms with Crippen LogP contribution in [0.25, 0.3) is 5.65 Å². The standard InChI is InChI=1S/C17H23ClF2N4O9P2/c18-12-3-9(22-8-1-2-17(19,20)4-8)16-21-5-10(24(16)23-12)15-14(26)13(25)11(33-15)6-32-35(30,31)7-34(27,28)29/h3,5,8,11,13-15,22,25-26H,1-2,4,6-7H2,(H,30,31)(H2,27,28,29)/t8-,11-,13-,14-,15+/m1/s1. The van der Waals surface area contributed by atoms with Crippen LogP contribution in [-0.2, 0) is 18.4 Å². The van der Waals surface area contributed by atoms with Gasteiger partial charge >= 0.3 is 15.2 Å². The number of aromatic nitrogens is 3. The van der Waals surface area contributed by atoms with Crippen LogP contribution in [0.2, 0.25) is 5.15 Å². The Morgan fingerprint density at radius 2 is 2.00 bits per heavy atom. The predicted molar refractivity (Wildman–Crippen MR) is 117 cm³/mol. The maximum atomic E-state index is 13.6. The second kappa shape index (κ2) is 9.56. The molecule has 1 unspecified atom stereocenters. The van der Waals surface area contributed by atoms with Crippen molar-refractivity contribution in [3.8, 4) is 0 Å². The van der Waals surface area contributed by atoms with Crippen LogP contribution in [0.1, 0.15) is 31.1 Å². The van der Waals surface area contributed by atoms with Gasteiger partial charge in [-0.2, -0.15) is 5.10 Å². The Morgan fingerprint density at radius 1 is 1.29 bits per heavy atom. The maximum absolute atomic E-state index is 13.6. The zero-order valence-electron chi connectivity index (χ0n) is 17.8. The van der Waals surface area contributed by atoms with Crippen molar-refractivity contribution >= 4 is 38.1 Å². The highest BCUT2D eigenvalue weighted by atomic mass is 35.5. The number of nitrogens with one attached hydrogen (secondary N) is 1. The van der Waals surface area contributed by atoms with E-state index in [0.717, 1.165) is 0 Å². The molecule has 196 valence electrons. The smallest absolute Gasteiger partial charge is 0.340 e. The molecule has 0 spiro atoms. The summed E-state index contributed by atoms with van der Waals surface area (Å²) in [4.78, 5) is 31.6. The minimum Gasteiger partial charge on any atom is -0.387 e. The molecule has 0 radical (unpaired) electrons. The van der Waals surface area contributed by atoms with Gasteiger partial charge in [0.15, 0.2) is 16.7 Å². The Bertz CT molecular complexity index is 1200. The lowest BCUT2D eigenvalue weighted by molar-refractivity contribution is -0.0204. The van der Waals surface area contributed by atoms with E-state index in [9.17, 15) is 33.0 Å². The average molecular weight is 563 g/mol. The molecular formula is C17H23ClF2N4O9P2. The highest BCUT2D eigenvalue weighted by molar-refractivity contribution is 7.70. The van der Waals surface area contributed by atoms with Crippen molar-refractivity contribution in [1.82, 2.24) is 14.6 Å². The van der Waals surface area contributed by atoms with Crippen molar-refractivity contribution in [2.75, 3.05) is 17.8 Å². The minimum absolute atomic E-state index is 0.0180. The van der Waals surface area contributed by atoms with Crippen molar-refractivity contribution in [2.45, 2.75) is 55.6 Å². The van der Waals surface area contributed by atoms with Gasteiger partial charge in [0.05, 0.1) is 24.2 Å². The molecule has 3 heterocycles. The van der Waals surface area contributed by atoms with E-state index in [2.05, 4.69) is 19.9 Å². The molecule has 18 heteroatoms. The molecule has 1 aliphatic carbocycles. The first-order valence-corrected chi connectivity index (χ1v) is 14.3. The van der Waals surface area contributed by atoms with E-state index in [1.54, 1.807) is 0 Å². The van der Waals surface area contributed by atoms with Crippen LogP contribution >= 0.6 is 26.8 Å². The van der Waals surface area contributed by atoms with Gasteiger partial charge in [0.2, 0.25) is 5.92 Å². The Labute approximate surface area is 201 Å². The maximum Gasteiger partial charge on any atom is 0.340 e. The van der Waals surface area contributed by atoms with Crippen LogP contribution in [0.4, 0.5) is 14.5 Å². The highest BCUT2D eigenvalue weighted by Crippen LogP contribution is 2.55. The molecule has 2 aromatic heterocycles. The lowest BCUT2D eigenvalue weighted by Gasteiger charge is -2.18. The molecule has 6 N–H and O–H groups in total. The molecular weight excluding hydrogens is 540 g/mol. The van der Waals surface area contributed by atoms with Crippen molar-refractivity contribution < 1.29 is 52.1 Å². The number of hydrogen-bond acceptors (Lipinski definition) is 9. The third-order valence-corrected chi connectivity index (χ3v) is 9.33. The molecule has 0 bridgehead atoms. The molecule has 4 rings (SSSR count). The number of alkyl halides is 2. The van der Waals surface area contributed by atoms with E-state index >= 15 is 0 Å². The van der Waals surface area contributed by atoms with Crippen LogP contribution < -0.4 is 5.32 Å². The molecule has 1 saturated heterocycles. The van der Waals surface area contributed by atoms with Gasteiger partial charge in [-0.15, -0.1) is 0 Å². The van der Waals surface area contributed by atoms with Gasteiger partial charge in [-0.25, -0.2) is 18.3 Å². The quantitative estimate of drug-likeness (QED) is 0.254. The molecule has 2 aromatic rings. The highest BCUT2D eigenvalue weighted by Gasteiger charge is 2.46. The molecule has 0 aromatic carbocycles. The number of anilines is 1. The van der Waals surface area contributed by atoms with E-state index in [1.807, 2.05) is 0 Å². The number of imidazole rings is 1. The number of fused-ring (bicyclic) bond motifs is 1. The van der Waals surface area contributed by atoms with Gasteiger partial charge in [0, 0.05) is 24.9 Å². The topological polar surface area (TPSA) is 196 Å². The first kappa shape index (κ1) is 26.8. The Balaban J connectivity index is 1.53. The summed E-state index contributed by atoms with van der Waals surface area (Å²) < 4.78 is 61.5. The average Bonchev–Trinajstić information content (AvgIpc) is 3.35. The first-order valence-electron chi connectivity index (χ1n) is 10.4. The number of nitrogens with zero attached hydrogens (tertiary/aromatic N) is 3. The summed E-state index contributed by atoms with van der Waals surface area (Å²) in [6.07, 6.45) is -4.84. The van der Waals surface area contributed by atoms with E-state index in [4.69, 9.17) is 26.1 Å². The Morgan fingerprint density at radius 3 is 2.63 bits per heavy atom. The molecule has 13 nitrogen and oxygen atoms in total. The number of halogens is 3. The van der Waals surface area contributed by atoms with Crippen LogP contribution in [0, 0.1) is 0 Å². The predicted octanol–water partition coefficient (Wildman–Crippen LogP) is 1.48. The van der Waals surface area contributed by atoms with E-state index < -0.39 is 64.1 Å². The van der Waals surface area contributed by atoms with E-state index in [-0.39, 0.29) is 35.8 Å². The van der Waals surface area contributed by atoms with Crippen LogP contribution in [0.5, 0.6) is 0 Å². The summed E-state index contributed by atoms with van der Waals surface area (Å²) in [5, 5.41) is 27.9. The monoisotopic (exact) mass is 562 g/mol. The van der Waals surface area contributed by atoms with Gasteiger partial charge in [0.25, 0.3) is 0 Å². The van der Waals surface area contributed by atoms with Crippen LogP contribution in [0.3, 0.4) is 0 Å². The van der Waals surface area contributed by atoms with Gasteiger partial charge in [-0.3, -0.25) is 9.13 Å². The van der Waals surface area contributed by atoms with Gasteiger partial charge in [0.1, 0.15) is 24.4 Å². The Kier molecular flexibility index (Phi) is 7.32. The number of rotatable bonds is 8. The lowest BCUT2D eigenvalue weighted by atomic mass is 10.1. The molecule has 35 heavy (non-hydrogen) atoms. The molecule has 6 atom stereocenters. The number of aliphatic hydroxyl groups excluding tert-OH is 2. The van der Waals surface area contributed by atoms with E-state index in [0.29, 0.717) is 5.69 Å². The van der Waals surface area contributed by atoms with Gasteiger partial charge in [-0.05, 0) is 6.42 Å². The first-order chi connectivity index (χ1) is 16.1. The zero-order valence-corrected chi connectivity index (χ0v) is 20.4. The number of aliphatic hydroxyl groups is 2. The van der Waals surface area contributed by atoms with E-state index in [1.165, 1.54) is 16.8 Å². The van der Waals surface area contributed by atoms with Crippen LogP contribution in [-0.4, -0.2) is 82.3 Å². The number of hydrogen-bond donors (Lipinski definition) is 6. The van der Waals surface area contributed by atoms with Crippen LogP contribution in [0.15, 0.2) is 12.3 Å². The van der Waals surface area contributed by atoms with Crippen molar-refractivity contribution in [3.63, 3.8) is 0 Å². The summed E-state index contributed by atoms with van der Waals surface area (Å²) in [7, 11) is -9.57. The summed E-state index contributed by atoms with van der Waals surface area (Å²) >= 11 is 6.10. The molecule has 2 aliphatic rings. The Hall–Kier alpha value is -1.25. The van der Waals surface area contributed by atoms with Crippen molar-refractivity contribution in [2.24, 2.45) is 0 Å². The second-order valence-corrected chi connectivity index (χ2v) is 12.9. The molecule has 1 aliphatic heterocycles. The lowest BCUT2D eigenvalue weighted by Crippen LogP contribution is -2.33. The summed E-state index contributed by atoms with van der Waals surface area (Å²) in [5.74, 6) is -4.20. The van der Waals surface area contributed by atoms with Crippen molar-refractivity contribution in [3.05, 3.63) is 23.1 Å². The normalized spacial score (nSPS) is 30.6. The molecule has 0 amide bonds. The van der Waals surface area contributed by atoms with Gasteiger partial charge < -0.3 is 39.5 Å².